The molecule has 7 heteroatoms. The van der Waals surface area contributed by atoms with Crippen molar-refractivity contribution < 1.29 is 14.3 Å². The Morgan fingerprint density at radius 3 is 2.76 bits per heavy atom. The first kappa shape index (κ1) is 18.8. The number of benzene rings is 1. The first-order valence-electron chi connectivity index (χ1n) is 7.35. The molecule has 0 aliphatic carbocycles. The number of thioether (sulfide) groups is 1. The van der Waals surface area contributed by atoms with Gasteiger partial charge in [-0.05, 0) is 72.5 Å². The normalized spacial score (nSPS) is 10.4. The van der Waals surface area contributed by atoms with E-state index in [-0.39, 0.29) is 6.61 Å². The molecule has 0 radical (unpaired) electrons. The molecule has 25 heavy (non-hydrogen) atoms. The van der Waals surface area contributed by atoms with Crippen molar-refractivity contribution >= 4 is 46.7 Å². The van der Waals surface area contributed by atoms with Crippen LogP contribution in [0.2, 0.25) is 0 Å². The topological polar surface area (TPSA) is 79.2 Å². The largest absolute Gasteiger partial charge is 0.452 e. The second kappa shape index (κ2) is 9.06. The number of thiophene rings is 1. The van der Waals surface area contributed by atoms with Crippen molar-refractivity contribution in [2.75, 3.05) is 11.9 Å². The van der Waals surface area contributed by atoms with E-state index < -0.39 is 11.9 Å². The maximum absolute atomic E-state index is 11.9. The molecule has 1 aromatic carbocycles. The molecule has 1 heterocycles. The van der Waals surface area contributed by atoms with Gasteiger partial charge in [0.2, 0.25) is 0 Å². The van der Waals surface area contributed by atoms with Crippen molar-refractivity contribution in [3.63, 3.8) is 0 Å². The Morgan fingerprint density at radius 1 is 1.32 bits per heavy atom. The highest BCUT2D eigenvalue weighted by Crippen LogP contribution is 2.23. The Bertz CT molecular complexity index is 850. The van der Waals surface area contributed by atoms with E-state index in [0.29, 0.717) is 5.69 Å². The quantitative estimate of drug-likeness (QED) is 0.357. The third kappa shape index (κ3) is 5.78. The number of aryl methyl sites for hydroxylation is 2. The highest BCUT2D eigenvalue weighted by atomic mass is 32.2. The minimum atomic E-state index is -0.569. The number of nitrogens with one attached hydrogen (secondary N) is 1. The molecule has 0 unspecified atom stereocenters. The minimum absolute atomic E-state index is 0.360. The number of rotatable bonds is 6. The summed E-state index contributed by atoms with van der Waals surface area (Å²) in [6.07, 6.45) is 2.99. The van der Waals surface area contributed by atoms with Gasteiger partial charge in [0.25, 0.3) is 5.91 Å². The molecule has 128 valence electrons. The number of ether oxygens (including phenoxy) is 1. The fourth-order valence-corrected chi connectivity index (χ4v) is 3.26. The van der Waals surface area contributed by atoms with Crippen LogP contribution < -0.4 is 5.32 Å². The summed E-state index contributed by atoms with van der Waals surface area (Å²) in [7, 11) is 0. The van der Waals surface area contributed by atoms with E-state index in [1.54, 1.807) is 18.2 Å². The first-order chi connectivity index (χ1) is 12.0. The molecular weight excluding hydrogens is 356 g/mol. The molecule has 0 spiro atoms. The summed E-state index contributed by atoms with van der Waals surface area (Å²) in [6, 6.07) is 7.23. The van der Waals surface area contributed by atoms with Gasteiger partial charge >= 0.3 is 5.97 Å². The van der Waals surface area contributed by atoms with Gasteiger partial charge in [-0.3, -0.25) is 4.79 Å². The molecule has 0 saturated carbocycles. The molecule has 0 saturated heterocycles. The van der Waals surface area contributed by atoms with Gasteiger partial charge in [-0.2, -0.15) is 5.26 Å². The van der Waals surface area contributed by atoms with Crippen LogP contribution in [-0.2, 0) is 14.3 Å². The zero-order chi connectivity index (χ0) is 18.2. The van der Waals surface area contributed by atoms with Crippen molar-refractivity contribution in [3.8, 4) is 5.40 Å². The van der Waals surface area contributed by atoms with E-state index in [4.69, 9.17) is 10.00 Å². The Balaban J connectivity index is 1.84. The van der Waals surface area contributed by atoms with Crippen LogP contribution in [-0.4, -0.2) is 18.5 Å². The Labute approximate surface area is 154 Å². The number of hydrogen-bond donors (Lipinski definition) is 1. The van der Waals surface area contributed by atoms with Gasteiger partial charge < -0.3 is 10.1 Å². The molecular formula is C18H16N2O3S2. The van der Waals surface area contributed by atoms with E-state index in [2.05, 4.69) is 5.32 Å². The Hall–Kier alpha value is -2.56. The van der Waals surface area contributed by atoms with Crippen molar-refractivity contribution in [3.05, 3.63) is 51.7 Å². The molecule has 0 aliphatic heterocycles. The molecule has 2 rings (SSSR count). The van der Waals surface area contributed by atoms with Crippen LogP contribution in [0.15, 0.2) is 40.6 Å². The second-order valence-corrected chi connectivity index (χ2v) is 6.93. The number of nitrogens with zero attached hydrogens (tertiary/aromatic N) is 1. The standard InChI is InChI=1S/C18H16N2O3S2/c1-12-7-8-24-16(12)5-6-18(22)23-10-17(21)20-15-4-3-14(25-11-19)9-13(15)2/h3-9H,10H2,1-2H3,(H,20,21)/b6-5+. The minimum Gasteiger partial charge on any atom is -0.452 e. The second-order valence-electron chi connectivity index (χ2n) is 5.13. The van der Waals surface area contributed by atoms with E-state index in [9.17, 15) is 9.59 Å². The number of esters is 1. The smallest absolute Gasteiger partial charge is 0.331 e. The SMILES string of the molecule is Cc1cc(SC#N)ccc1NC(=O)COC(=O)/C=C/c1sccc1C. The predicted octanol–water partition coefficient (Wildman–Crippen LogP) is 4.13. The third-order valence-electron chi connectivity index (χ3n) is 3.25. The molecule has 5 nitrogen and oxygen atoms in total. The highest BCUT2D eigenvalue weighted by molar-refractivity contribution is 8.03. The summed E-state index contributed by atoms with van der Waals surface area (Å²) in [6.45, 7) is 3.42. The van der Waals surface area contributed by atoms with Crippen LogP contribution in [0.5, 0.6) is 0 Å². The van der Waals surface area contributed by atoms with Gasteiger partial charge in [-0.15, -0.1) is 11.3 Å². The molecule has 0 atom stereocenters. The first-order valence-corrected chi connectivity index (χ1v) is 9.04. The van der Waals surface area contributed by atoms with Crippen LogP contribution in [0, 0.1) is 24.5 Å². The van der Waals surface area contributed by atoms with Crippen molar-refractivity contribution in [1.29, 1.82) is 5.26 Å². The highest BCUT2D eigenvalue weighted by Gasteiger charge is 2.08. The van der Waals surface area contributed by atoms with Crippen molar-refractivity contribution in [2.24, 2.45) is 0 Å². The number of nitriles is 1. The fourth-order valence-electron chi connectivity index (χ4n) is 1.96. The number of amides is 1. The van der Waals surface area contributed by atoms with Gasteiger partial charge in [-0.25, -0.2) is 4.79 Å². The maximum atomic E-state index is 11.9. The number of carbonyl (C=O) groups is 2. The zero-order valence-corrected chi connectivity index (χ0v) is 15.4. The summed E-state index contributed by atoms with van der Waals surface area (Å²) in [5.74, 6) is -0.988. The van der Waals surface area contributed by atoms with Crippen molar-refractivity contribution in [1.82, 2.24) is 0 Å². The maximum Gasteiger partial charge on any atom is 0.331 e. The van der Waals surface area contributed by atoms with Gasteiger partial charge in [0.15, 0.2) is 6.61 Å². The molecule has 1 aromatic heterocycles. The lowest BCUT2D eigenvalue weighted by molar-refractivity contribution is -0.142. The van der Waals surface area contributed by atoms with Crippen LogP contribution in [0.4, 0.5) is 5.69 Å². The van der Waals surface area contributed by atoms with Crippen molar-refractivity contribution in [2.45, 2.75) is 18.7 Å². The molecule has 1 amide bonds. The number of anilines is 1. The van der Waals surface area contributed by atoms with E-state index in [0.717, 1.165) is 32.7 Å². The summed E-state index contributed by atoms with van der Waals surface area (Å²) in [4.78, 5) is 25.4. The monoisotopic (exact) mass is 372 g/mol. The molecule has 0 aliphatic rings. The third-order valence-corrected chi connectivity index (χ3v) is 4.82. The Kier molecular flexibility index (Phi) is 6.81. The lowest BCUT2D eigenvalue weighted by Crippen LogP contribution is -2.20. The van der Waals surface area contributed by atoms with Gasteiger partial charge in [0.1, 0.15) is 5.40 Å². The summed E-state index contributed by atoms with van der Waals surface area (Å²) >= 11 is 2.58. The van der Waals surface area contributed by atoms with Gasteiger partial charge in [0, 0.05) is 21.5 Å². The van der Waals surface area contributed by atoms with Crippen LogP contribution in [0.25, 0.3) is 6.08 Å². The van der Waals surface area contributed by atoms with Crippen LogP contribution in [0.1, 0.15) is 16.0 Å². The fraction of sp³-hybridized carbons (Fsp3) is 0.167. The van der Waals surface area contributed by atoms with E-state index in [1.165, 1.54) is 17.4 Å². The van der Waals surface area contributed by atoms with Crippen LogP contribution in [0.3, 0.4) is 0 Å². The summed E-state index contributed by atoms with van der Waals surface area (Å²) < 4.78 is 4.94. The summed E-state index contributed by atoms with van der Waals surface area (Å²) in [5, 5.41) is 15.3. The lowest BCUT2D eigenvalue weighted by Gasteiger charge is -2.09. The molecule has 0 bridgehead atoms. The number of carbonyl (C=O) groups excluding carboxylic acids is 2. The number of hydrogen-bond acceptors (Lipinski definition) is 6. The molecule has 1 N–H and O–H groups in total. The summed E-state index contributed by atoms with van der Waals surface area (Å²) in [5.41, 5.74) is 2.53. The van der Waals surface area contributed by atoms with Gasteiger partial charge in [-0.1, -0.05) is 0 Å². The molecule has 2 aromatic rings. The van der Waals surface area contributed by atoms with E-state index in [1.807, 2.05) is 36.8 Å². The average molecular weight is 372 g/mol. The zero-order valence-electron chi connectivity index (χ0n) is 13.7. The lowest BCUT2D eigenvalue weighted by atomic mass is 10.2. The van der Waals surface area contributed by atoms with E-state index >= 15 is 0 Å². The Morgan fingerprint density at radius 2 is 2.12 bits per heavy atom. The number of thiocyanates is 1. The average Bonchev–Trinajstić information content (AvgIpc) is 2.99. The predicted molar refractivity (Wildman–Crippen MR) is 100 cm³/mol. The van der Waals surface area contributed by atoms with Gasteiger partial charge in [0.05, 0.1) is 0 Å². The molecule has 0 fully saturated rings. The van der Waals surface area contributed by atoms with Crippen LogP contribution >= 0.6 is 23.1 Å².